The molecular weight excluding hydrogens is 250 g/mol. The van der Waals surface area contributed by atoms with Crippen molar-refractivity contribution in [2.75, 3.05) is 0 Å². The van der Waals surface area contributed by atoms with Gasteiger partial charge in [0.1, 0.15) is 22.9 Å². The van der Waals surface area contributed by atoms with Crippen molar-refractivity contribution in [2.24, 2.45) is 0 Å². The van der Waals surface area contributed by atoms with Crippen molar-refractivity contribution < 1.29 is 18.3 Å². The largest absolute Gasteiger partial charge is 0.423 e. The molecule has 0 amide bonds. The Bertz CT molecular complexity index is 571. The number of hydrogen-bond acceptors (Lipinski definition) is 2. The van der Waals surface area contributed by atoms with Crippen molar-refractivity contribution in [3.63, 3.8) is 0 Å². The Morgan fingerprint density at radius 3 is 2.16 bits per heavy atom. The number of halogens is 2. The van der Waals surface area contributed by atoms with Gasteiger partial charge in [-0.25, -0.2) is 13.6 Å². The molecule has 0 unspecified atom stereocenters. The van der Waals surface area contributed by atoms with Crippen molar-refractivity contribution in [3.8, 4) is 5.75 Å². The fourth-order valence-corrected chi connectivity index (χ4v) is 1.64. The number of rotatable bonds is 3. The van der Waals surface area contributed by atoms with Gasteiger partial charge in [-0.3, -0.25) is 0 Å². The average Bonchev–Trinajstić information content (AvgIpc) is 2.39. The summed E-state index contributed by atoms with van der Waals surface area (Å²) in [4.78, 5) is 11.7. The Morgan fingerprint density at radius 1 is 1.05 bits per heavy atom. The van der Waals surface area contributed by atoms with Gasteiger partial charge in [-0.05, 0) is 36.2 Å². The van der Waals surface area contributed by atoms with Crippen LogP contribution in [0.4, 0.5) is 8.78 Å². The summed E-state index contributed by atoms with van der Waals surface area (Å²) in [5, 5.41) is 0. The summed E-state index contributed by atoms with van der Waals surface area (Å²) in [7, 11) is 0. The van der Waals surface area contributed by atoms with Crippen LogP contribution in [0.1, 0.15) is 22.8 Å². The van der Waals surface area contributed by atoms with Crippen molar-refractivity contribution in [1.29, 1.82) is 0 Å². The van der Waals surface area contributed by atoms with Gasteiger partial charge >= 0.3 is 5.97 Å². The van der Waals surface area contributed by atoms with Crippen molar-refractivity contribution in [2.45, 2.75) is 13.3 Å². The summed E-state index contributed by atoms with van der Waals surface area (Å²) in [6.07, 6.45) is 0.857. The number of aryl methyl sites for hydroxylation is 1. The maximum atomic E-state index is 13.4. The van der Waals surface area contributed by atoms with E-state index in [9.17, 15) is 13.6 Å². The van der Waals surface area contributed by atoms with E-state index in [1.165, 1.54) is 6.07 Å². The first-order valence-corrected chi connectivity index (χ1v) is 5.87. The zero-order chi connectivity index (χ0) is 13.8. The van der Waals surface area contributed by atoms with Crippen LogP contribution < -0.4 is 4.74 Å². The van der Waals surface area contributed by atoms with Crippen LogP contribution in [0.3, 0.4) is 0 Å². The first-order chi connectivity index (χ1) is 9.11. The molecular formula is C15H12F2O2. The molecule has 0 N–H and O–H groups in total. The molecule has 0 bridgehead atoms. The molecule has 2 aromatic rings. The van der Waals surface area contributed by atoms with Gasteiger partial charge in [0.15, 0.2) is 0 Å². The predicted molar refractivity (Wildman–Crippen MR) is 67.1 cm³/mol. The van der Waals surface area contributed by atoms with Crippen molar-refractivity contribution in [3.05, 3.63) is 65.2 Å². The molecule has 0 atom stereocenters. The quantitative estimate of drug-likeness (QED) is 0.622. The standard InChI is InChI=1S/C15H12F2O2/c1-2-10-6-8-11(9-7-10)19-15(18)14-12(16)4-3-5-13(14)17/h3-9H,2H2,1H3. The monoisotopic (exact) mass is 262 g/mol. The molecule has 0 heterocycles. The third kappa shape index (κ3) is 2.96. The van der Waals surface area contributed by atoms with Crippen LogP contribution in [0, 0.1) is 11.6 Å². The number of esters is 1. The summed E-state index contributed by atoms with van der Waals surface area (Å²) in [5.41, 5.74) is 0.402. The lowest BCUT2D eigenvalue weighted by atomic mass is 10.1. The van der Waals surface area contributed by atoms with Gasteiger partial charge in [-0.2, -0.15) is 0 Å². The number of carbonyl (C=O) groups excluding carboxylic acids is 1. The van der Waals surface area contributed by atoms with Crippen LogP contribution in [0.25, 0.3) is 0 Å². The molecule has 0 aliphatic rings. The normalized spacial score (nSPS) is 10.3. The molecule has 0 saturated carbocycles. The lowest BCUT2D eigenvalue weighted by Gasteiger charge is -2.06. The fraction of sp³-hybridized carbons (Fsp3) is 0.133. The van der Waals surface area contributed by atoms with E-state index in [4.69, 9.17) is 4.74 Å². The van der Waals surface area contributed by atoms with E-state index in [1.807, 2.05) is 6.92 Å². The molecule has 0 fully saturated rings. The molecule has 98 valence electrons. The molecule has 0 spiro atoms. The predicted octanol–water partition coefficient (Wildman–Crippen LogP) is 3.75. The minimum Gasteiger partial charge on any atom is -0.423 e. The van der Waals surface area contributed by atoms with Crippen LogP contribution in [0.15, 0.2) is 42.5 Å². The molecule has 4 heteroatoms. The zero-order valence-electron chi connectivity index (χ0n) is 10.3. The Hall–Kier alpha value is -2.23. The summed E-state index contributed by atoms with van der Waals surface area (Å²) in [5.74, 6) is -2.66. The SMILES string of the molecule is CCc1ccc(OC(=O)c2c(F)cccc2F)cc1. The van der Waals surface area contributed by atoms with E-state index in [1.54, 1.807) is 24.3 Å². The minimum atomic E-state index is -1.04. The maximum Gasteiger partial charge on any atom is 0.349 e. The Balaban J connectivity index is 2.21. The Kier molecular flexibility index (Phi) is 3.90. The summed E-state index contributed by atoms with van der Waals surface area (Å²) >= 11 is 0. The van der Waals surface area contributed by atoms with E-state index < -0.39 is 23.2 Å². The molecule has 0 radical (unpaired) electrons. The second-order valence-electron chi connectivity index (χ2n) is 3.98. The van der Waals surface area contributed by atoms with Gasteiger partial charge in [0, 0.05) is 0 Å². The molecule has 2 rings (SSSR count). The second kappa shape index (κ2) is 5.61. The van der Waals surface area contributed by atoms with Gasteiger partial charge in [-0.15, -0.1) is 0 Å². The molecule has 0 aliphatic heterocycles. The van der Waals surface area contributed by atoms with Crippen LogP contribution in [0.2, 0.25) is 0 Å². The smallest absolute Gasteiger partial charge is 0.349 e. The Morgan fingerprint density at radius 2 is 1.63 bits per heavy atom. The topological polar surface area (TPSA) is 26.3 Å². The maximum absolute atomic E-state index is 13.4. The van der Waals surface area contributed by atoms with Crippen LogP contribution >= 0.6 is 0 Å². The third-order valence-corrected chi connectivity index (χ3v) is 2.71. The van der Waals surface area contributed by atoms with Gasteiger partial charge in [0.2, 0.25) is 0 Å². The molecule has 0 aliphatic carbocycles. The summed E-state index contributed by atoms with van der Waals surface area (Å²) < 4.78 is 31.7. The number of hydrogen-bond donors (Lipinski definition) is 0. The first-order valence-electron chi connectivity index (χ1n) is 5.87. The van der Waals surface area contributed by atoms with Crippen LogP contribution in [0.5, 0.6) is 5.75 Å². The molecule has 2 aromatic carbocycles. The third-order valence-electron chi connectivity index (χ3n) is 2.71. The summed E-state index contributed by atoms with van der Waals surface area (Å²) in [6, 6.07) is 9.99. The van der Waals surface area contributed by atoms with Gasteiger partial charge in [0.05, 0.1) is 0 Å². The van der Waals surface area contributed by atoms with Crippen molar-refractivity contribution in [1.82, 2.24) is 0 Å². The molecule has 2 nitrogen and oxygen atoms in total. The van der Waals surface area contributed by atoms with E-state index in [2.05, 4.69) is 0 Å². The molecule has 0 saturated heterocycles. The van der Waals surface area contributed by atoms with Gasteiger partial charge in [-0.1, -0.05) is 25.1 Å². The van der Waals surface area contributed by atoms with E-state index in [-0.39, 0.29) is 5.75 Å². The highest BCUT2D eigenvalue weighted by Gasteiger charge is 2.19. The number of benzene rings is 2. The highest BCUT2D eigenvalue weighted by molar-refractivity contribution is 5.91. The number of ether oxygens (including phenoxy) is 1. The highest BCUT2D eigenvalue weighted by atomic mass is 19.1. The van der Waals surface area contributed by atoms with Gasteiger partial charge in [0.25, 0.3) is 0 Å². The molecule has 0 aromatic heterocycles. The number of carbonyl (C=O) groups is 1. The van der Waals surface area contributed by atoms with Crippen molar-refractivity contribution >= 4 is 5.97 Å². The average molecular weight is 262 g/mol. The van der Waals surface area contributed by atoms with Crippen LogP contribution in [-0.2, 0) is 6.42 Å². The van der Waals surface area contributed by atoms with Crippen LogP contribution in [-0.4, -0.2) is 5.97 Å². The Labute approximate surface area is 109 Å². The zero-order valence-corrected chi connectivity index (χ0v) is 10.3. The highest BCUT2D eigenvalue weighted by Crippen LogP contribution is 2.17. The fourth-order valence-electron chi connectivity index (χ4n) is 1.64. The second-order valence-corrected chi connectivity index (χ2v) is 3.98. The lowest BCUT2D eigenvalue weighted by Crippen LogP contribution is -2.13. The molecule has 19 heavy (non-hydrogen) atoms. The van der Waals surface area contributed by atoms with E-state index in [0.29, 0.717) is 0 Å². The lowest BCUT2D eigenvalue weighted by molar-refractivity contribution is 0.0724. The van der Waals surface area contributed by atoms with Gasteiger partial charge < -0.3 is 4.74 Å². The summed E-state index contributed by atoms with van der Waals surface area (Å²) in [6.45, 7) is 2.00. The minimum absolute atomic E-state index is 0.254. The van der Waals surface area contributed by atoms with E-state index in [0.717, 1.165) is 24.1 Å². The first kappa shape index (κ1) is 13.2. The van der Waals surface area contributed by atoms with E-state index >= 15 is 0 Å².